The Morgan fingerprint density at radius 3 is 2.41 bits per heavy atom. The highest BCUT2D eigenvalue weighted by Crippen LogP contribution is 2.14. The average Bonchev–Trinajstić information content (AvgIpc) is 2.67. The third kappa shape index (κ3) is 6.90. The van der Waals surface area contributed by atoms with Crippen LogP contribution in [0.3, 0.4) is 0 Å². The molecule has 27 heavy (non-hydrogen) atoms. The van der Waals surface area contributed by atoms with Crippen LogP contribution in [0.1, 0.15) is 6.42 Å². The number of para-hydroxylation sites is 1. The van der Waals surface area contributed by atoms with Crippen molar-refractivity contribution in [2.24, 2.45) is 4.99 Å². The minimum absolute atomic E-state index is 0.122. The first kappa shape index (κ1) is 20.7. The molecule has 0 aliphatic carbocycles. The zero-order valence-corrected chi connectivity index (χ0v) is 16.0. The first-order valence-electron chi connectivity index (χ1n) is 8.62. The van der Waals surface area contributed by atoms with Gasteiger partial charge in [-0.3, -0.25) is 4.99 Å². The standard InChI is InChI=1S/C19H24FN3O3S/c1-21-19(22-12-7-14-26-16-8-3-2-4-9-16)23-13-15-27(24,25)18-11-6-5-10-17(18)20/h2-6,8-11H,7,12-15H2,1H3,(H2,21,22,23). The molecule has 0 fully saturated rings. The maximum atomic E-state index is 13.7. The zero-order valence-electron chi connectivity index (χ0n) is 15.2. The number of nitrogens with one attached hydrogen (secondary N) is 2. The molecule has 2 rings (SSSR count). The molecule has 0 spiro atoms. The second-order valence-electron chi connectivity index (χ2n) is 5.69. The van der Waals surface area contributed by atoms with E-state index in [1.165, 1.54) is 18.2 Å². The molecule has 0 heterocycles. The molecule has 0 bridgehead atoms. The largest absolute Gasteiger partial charge is 0.494 e. The van der Waals surface area contributed by atoms with Gasteiger partial charge in [-0.05, 0) is 30.7 Å². The van der Waals surface area contributed by atoms with Gasteiger partial charge in [-0.1, -0.05) is 30.3 Å². The van der Waals surface area contributed by atoms with Crippen molar-refractivity contribution in [3.05, 3.63) is 60.4 Å². The van der Waals surface area contributed by atoms with Crippen molar-refractivity contribution in [2.75, 3.05) is 32.5 Å². The highest BCUT2D eigenvalue weighted by molar-refractivity contribution is 7.91. The molecule has 2 aromatic rings. The maximum Gasteiger partial charge on any atom is 0.191 e. The number of sulfone groups is 1. The van der Waals surface area contributed by atoms with Crippen LogP contribution in [0, 0.1) is 5.82 Å². The number of nitrogens with zero attached hydrogens (tertiary/aromatic N) is 1. The monoisotopic (exact) mass is 393 g/mol. The van der Waals surface area contributed by atoms with Crippen molar-refractivity contribution in [3.63, 3.8) is 0 Å². The van der Waals surface area contributed by atoms with Crippen molar-refractivity contribution in [1.29, 1.82) is 0 Å². The van der Waals surface area contributed by atoms with E-state index in [1.54, 1.807) is 7.05 Å². The van der Waals surface area contributed by atoms with Gasteiger partial charge in [0.1, 0.15) is 16.5 Å². The lowest BCUT2D eigenvalue weighted by atomic mass is 10.3. The minimum atomic E-state index is -3.69. The highest BCUT2D eigenvalue weighted by Gasteiger charge is 2.18. The number of rotatable bonds is 9. The fourth-order valence-electron chi connectivity index (χ4n) is 2.32. The summed E-state index contributed by atoms with van der Waals surface area (Å²) < 4.78 is 43.6. The molecule has 0 atom stereocenters. The summed E-state index contributed by atoms with van der Waals surface area (Å²) in [4.78, 5) is 3.75. The van der Waals surface area contributed by atoms with E-state index in [9.17, 15) is 12.8 Å². The quantitative estimate of drug-likeness (QED) is 0.388. The summed E-state index contributed by atoms with van der Waals surface area (Å²) in [5, 5.41) is 6.00. The minimum Gasteiger partial charge on any atom is -0.494 e. The molecule has 0 radical (unpaired) electrons. The van der Waals surface area contributed by atoms with E-state index in [-0.39, 0.29) is 17.2 Å². The lowest BCUT2D eigenvalue weighted by Crippen LogP contribution is -2.40. The van der Waals surface area contributed by atoms with Gasteiger partial charge < -0.3 is 15.4 Å². The molecule has 0 saturated carbocycles. The predicted molar refractivity (Wildman–Crippen MR) is 104 cm³/mol. The topological polar surface area (TPSA) is 79.8 Å². The molecular formula is C19H24FN3O3S. The fourth-order valence-corrected chi connectivity index (χ4v) is 3.56. The SMILES string of the molecule is CN=C(NCCCOc1ccccc1)NCCS(=O)(=O)c1ccccc1F. The van der Waals surface area contributed by atoms with E-state index in [2.05, 4.69) is 15.6 Å². The van der Waals surface area contributed by atoms with Crippen LogP contribution < -0.4 is 15.4 Å². The summed E-state index contributed by atoms with van der Waals surface area (Å²) in [6.45, 7) is 1.29. The molecular weight excluding hydrogens is 369 g/mol. The van der Waals surface area contributed by atoms with Crippen LogP contribution in [0.15, 0.2) is 64.5 Å². The van der Waals surface area contributed by atoms with Crippen LogP contribution in [-0.2, 0) is 9.84 Å². The van der Waals surface area contributed by atoms with Gasteiger partial charge in [-0.15, -0.1) is 0 Å². The molecule has 2 aromatic carbocycles. The lowest BCUT2D eigenvalue weighted by molar-refractivity contribution is 0.311. The first-order chi connectivity index (χ1) is 13.0. The zero-order chi connectivity index (χ0) is 19.5. The van der Waals surface area contributed by atoms with Crippen molar-refractivity contribution in [1.82, 2.24) is 10.6 Å². The van der Waals surface area contributed by atoms with E-state index in [0.29, 0.717) is 19.1 Å². The normalized spacial score (nSPS) is 11.9. The third-order valence-corrected chi connectivity index (χ3v) is 5.43. The molecule has 0 aromatic heterocycles. The van der Waals surface area contributed by atoms with Gasteiger partial charge in [0.05, 0.1) is 12.4 Å². The van der Waals surface area contributed by atoms with Crippen molar-refractivity contribution in [3.8, 4) is 5.75 Å². The number of guanidine groups is 1. The molecule has 0 unspecified atom stereocenters. The maximum absolute atomic E-state index is 13.7. The van der Waals surface area contributed by atoms with Crippen molar-refractivity contribution < 1.29 is 17.5 Å². The first-order valence-corrected chi connectivity index (χ1v) is 10.3. The molecule has 2 N–H and O–H groups in total. The van der Waals surface area contributed by atoms with Gasteiger partial charge in [-0.2, -0.15) is 0 Å². The predicted octanol–water partition coefficient (Wildman–Crippen LogP) is 2.23. The van der Waals surface area contributed by atoms with Gasteiger partial charge in [-0.25, -0.2) is 12.8 Å². The van der Waals surface area contributed by atoms with Crippen LogP contribution in [0.4, 0.5) is 4.39 Å². The Morgan fingerprint density at radius 2 is 1.70 bits per heavy atom. The van der Waals surface area contributed by atoms with E-state index in [0.717, 1.165) is 18.2 Å². The van der Waals surface area contributed by atoms with Crippen LogP contribution >= 0.6 is 0 Å². The molecule has 8 heteroatoms. The summed E-state index contributed by atoms with van der Waals surface area (Å²) in [5.74, 6) is 0.335. The summed E-state index contributed by atoms with van der Waals surface area (Å²) >= 11 is 0. The molecule has 0 saturated heterocycles. The second kappa shape index (κ2) is 10.5. The summed E-state index contributed by atoms with van der Waals surface area (Å²) in [7, 11) is -2.10. The van der Waals surface area contributed by atoms with E-state index >= 15 is 0 Å². The summed E-state index contributed by atoms with van der Waals surface area (Å²) in [5.41, 5.74) is 0. The van der Waals surface area contributed by atoms with E-state index in [1.807, 2.05) is 30.3 Å². The van der Waals surface area contributed by atoms with Crippen LogP contribution in [0.5, 0.6) is 5.75 Å². The third-order valence-electron chi connectivity index (χ3n) is 3.68. The number of hydrogen-bond acceptors (Lipinski definition) is 4. The van der Waals surface area contributed by atoms with Crippen molar-refractivity contribution >= 4 is 15.8 Å². The Morgan fingerprint density at radius 1 is 1.04 bits per heavy atom. The lowest BCUT2D eigenvalue weighted by Gasteiger charge is -2.12. The Kier molecular flexibility index (Phi) is 8.06. The van der Waals surface area contributed by atoms with Crippen LogP contribution in [0.2, 0.25) is 0 Å². The van der Waals surface area contributed by atoms with E-state index in [4.69, 9.17) is 4.74 Å². The van der Waals surface area contributed by atoms with Gasteiger partial charge in [0, 0.05) is 20.1 Å². The number of hydrogen-bond donors (Lipinski definition) is 2. The number of benzene rings is 2. The Hall–Kier alpha value is -2.61. The van der Waals surface area contributed by atoms with E-state index < -0.39 is 15.7 Å². The average molecular weight is 393 g/mol. The molecule has 0 aliphatic heterocycles. The molecule has 6 nitrogen and oxygen atoms in total. The van der Waals surface area contributed by atoms with Gasteiger partial charge in [0.25, 0.3) is 0 Å². The summed E-state index contributed by atoms with van der Waals surface area (Å²) in [6.07, 6.45) is 0.753. The Bertz CT molecular complexity index is 842. The van der Waals surface area contributed by atoms with Crippen LogP contribution in [-0.4, -0.2) is 46.9 Å². The highest BCUT2D eigenvalue weighted by atomic mass is 32.2. The summed E-state index contributed by atoms with van der Waals surface area (Å²) in [6, 6.07) is 14.9. The number of halogens is 1. The Balaban J connectivity index is 1.69. The molecule has 0 aliphatic rings. The molecule has 146 valence electrons. The molecule has 0 amide bonds. The van der Waals surface area contributed by atoms with Crippen LogP contribution in [0.25, 0.3) is 0 Å². The van der Waals surface area contributed by atoms with Gasteiger partial charge >= 0.3 is 0 Å². The van der Waals surface area contributed by atoms with Gasteiger partial charge in [0.2, 0.25) is 0 Å². The number of ether oxygens (including phenoxy) is 1. The smallest absolute Gasteiger partial charge is 0.191 e. The number of aliphatic imine (C=N–C) groups is 1. The Labute approximate surface area is 159 Å². The van der Waals surface area contributed by atoms with Gasteiger partial charge in [0.15, 0.2) is 15.8 Å². The second-order valence-corrected chi connectivity index (χ2v) is 7.77. The van der Waals surface area contributed by atoms with Crippen molar-refractivity contribution in [2.45, 2.75) is 11.3 Å². The fraction of sp³-hybridized carbons (Fsp3) is 0.316.